The molecule has 1 N–H and O–H groups in total. The maximum atomic E-state index is 12.8. The van der Waals surface area contributed by atoms with Gasteiger partial charge in [0.25, 0.3) is 0 Å². The number of benzene rings is 2. The number of amides is 2. The van der Waals surface area contributed by atoms with Crippen molar-refractivity contribution in [2.24, 2.45) is 5.41 Å². The molecule has 2 amide bonds. The van der Waals surface area contributed by atoms with Crippen LogP contribution in [0.2, 0.25) is 0 Å². The van der Waals surface area contributed by atoms with Crippen molar-refractivity contribution >= 4 is 17.5 Å². The van der Waals surface area contributed by atoms with E-state index in [-0.39, 0.29) is 17.2 Å². The first-order valence-electron chi connectivity index (χ1n) is 10.6. The standard InChI is InChI=1S/C24H29N3O2/c1-2-14-27-16-13-24(23(27)29)12-15-26(18-24)17-22(28)25-21-11-7-6-10-20(21)19-8-4-3-5-9-19/h3-11H,2,12-18H2,1H3,(H,25,28). The molecule has 2 heterocycles. The monoisotopic (exact) mass is 391 g/mol. The molecule has 0 bridgehead atoms. The molecule has 1 atom stereocenters. The van der Waals surface area contributed by atoms with Crippen LogP contribution in [0.1, 0.15) is 26.2 Å². The van der Waals surface area contributed by atoms with Gasteiger partial charge in [0.15, 0.2) is 0 Å². The van der Waals surface area contributed by atoms with Crippen LogP contribution >= 0.6 is 0 Å². The summed E-state index contributed by atoms with van der Waals surface area (Å²) in [4.78, 5) is 29.7. The number of hydrogen-bond acceptors (Lipinski definition) is 3. The van der Waals surface area contributed by atoms with E-state index in [1.165, 1.54) is 0 Å². The van der Waals surface area contributed by atoms with Crippen LogP contribution in [0, 0.1) is 5.41 Å². The van der Waals surface area contributed by atoms with Gasteiger partial charge in [0, 0.05) is 30.9 Å². The zero-order valence-electron chi connectivity index (χ0n) is 17.1. The zero-order valence-corrected chi connectivity index (χ0v) is 17.1. The van der Waals surface area contributed by atoms with Crippen LogP contribution in [0.4, 0.5) is 5.69 Å². The lowest BCUT2D eigenvalue weighted by Gasteiger charge is -2.23. The molecule has 152 valence electrons. The van der Waals surface area contributed by atoms with Gasteiger partial charge in [-0.3, -0.25) is 14.5 Å². The quantitative estimate of drug-likeness (QED) is 0.818. The molecule has 5 nitrogen and oxygen atoms in total. The molecular formula is C24H29N3O2. The van der Waals surface area contributed by atoms with Gasteiger partial charge in [0.2, 0.25) is 11.8 Å². The summed E-state index contributed by atoms with van der Waals surface area (Å²) < 4.78 is 0. The van der Waals surface area contributed by atoms with Gasteiger partial charge in [-0.2, -0.15) is 0 Å². The highest BCUT2D eigenvalue weighted by Crippen LogP contribution is 2.40. The minimum atomic E-state index is -0.266. The average molecular weight is 392 g/mol. The average Bonchev–Trinajstić information content (AvgIpc) is 3.28. The van der Waals surface area contributed by atoms with Gasteiger partial charge in [0.1, 0.15) is 0 Å². The van der Waals surface area contributed by atoms with Gasteiger partial charge in [0.05, 0.1) is 12.0 Å². The van der Waals surface area contributed by atoms with E-state index in [1.54, 1.807) is 0 Å². The summed E-state index contributed by atoms with van der Waals surface area (Å²) in [7, 11) is 0. The summed E-state index contributed by atoms with van der Waals surface area (Å²) in [5.41, 5.74) is 2.65. The Morgan fingerprint density at radius 3 is 2.55 bits per heavy atom. The Labute approximate surface area is 172 Å². The third kappa shape index (κ3) is 4.06. The normalized spacial score (nSPS) is 21.8. The molecule has 5 heteroatoms. The lowest BCUT2D eigenvalue weighted by molar-refractivity contribution is -0.135. The van der Waals surface area contributed by atoms with Gasteiger partial charge >= 0.3 is 0 Å². The van der Waals surface area contributed by atoms with Crippen molar-refractivity contribution < 1.29 is 9.59 Å². The lowest BCUT2D eigenvalue weighted by atomic mass is 9.85. The van der Waals surface area contributed by atoms with Gasteiger partial charge in [-0.15, -0.1) is 0 Å². The summed E-state index contributed by atoms with van der Waals surface area (Å²) in [5, 5.41) is 3.08. The van der Waals surface area contributed by atoms with Crippen LogP contribution in [-0.4, -0.2) is 54.3 Å². The van der Waals surface area contributed by atoms with Crippen molar-refractivity contribution in [1.29, 1.82) is 0 Å². The van der Waals surface area contributed by atoms with Crippen molar-refractivity contribution in [2.75, 3.05) is 38.0 Å². The Bertz CT molecular complexity index is 883. The fourth-order valence-electron chi connectivity index (χ4n) is 4.70. The third-order valence-electron chi connectivity index (χ3n) is 6.18. The summed E-state index contributed by atoms with van der Waals surface area (Å²) in [6, 6.07) is 18.0. The van der Waals surface area contributed by atoms with Crippen molar-refractivity contribution in [3.8, 4) is 11.1 Å². The highest BCUT2D eigenvalue weighted by Gasteiger charge is 2.50. The Morgan fingerprint density at radius 2 is 1.76 bits per heavy atom. The fourth-order valence-corrected chi connectivity index (χ4v) is 4.70. The number of para-hydroxylation sites is 1. The van der Waals surface area contributed by atoms with Crippen molar-refractivity contribution in [3.05, 3.63) is 54.6 Å². The van der Waals surface area contributed by atoms with Crippen LogP contribution in [-0.2, 0) is 9.59 Å². The molecule has 0 saturated carbocycles. The van der Waals surface area contributed by atoms with Gasteiger partial charge in [-0.1, -0.05) is 55.5 Å². The molecule has 0 aliphatic carbocycles. The Balaban J connectivity index is 1.39. The number of anilines is 1. The van der Waals surface area contributed by atoms with E-state index in [0.29, 0.717) is 13.1 Å². The molecular weight excluding hydrogens is 362 g/mol. The minimum absolute atomic E-state index is 0.0266. The van der Waals surface area contributed by atoms with E-state index in [0.717, 1.165) is 55.7 Å². The highest BCUT2D eigenvalue weighted by molar-refractivity contribution is 5.96. The Hall–Kier alpha value is -2.66. The van der Waals surface area contributed by atoms with E-state index in [2.05, 4.69) is 17.1 Å². The molecule has 4 rings (SSSR count). The van der Waals surface area contributed by atoms with Crippen LogP contribution < -0.4 is 5.32 Å². The number of carbonyl (C=O) groups is 2. The van der Waals surface area contributed by atoms with Crippen molar-refractivity contribution in [1.82, 2.24) is 9.80 Å². The number of likely N-dealkylation sites (tertiary alicyclic amines) is 2. The predicted molar refractivity (Wildman–Crippen MR) is 115 cm³/mol. The first-order valence-corrected chi connectivity index (χ1v) is 10.6. The summed E-state index contributed by atoms with van der Waals surface area (Å²) in [6.45, 7) is 5.64. The molecule has 1 unspecified atom stereocenters. The molecule has 2 fully saturated rings. The van der Waals surface area contributed by atoms with Crippen LogP contribution in [0.15, 0.2) is 54.6 Å². The fraction of sp³-hybridized carbons (Fsp3) is 0.417. The molecule has 2 aromatic carbocycles. The largest absolute Gasteiger partial charge is 0.342 e. The van der Waals surface area contributed by atoms with Crippen LogP contribution in [0.25, 0.3) is 11.1 Å². The molecule has 2 aliphatic heterocycles. The van der Waals surface area contributed by atoms with Crippen molar-refractivity contribution in [2.45, 2.75) is 26.2 Å². The number of rotatable bonds is 6. The van der Waals surface area contributed by atoms with Gasteiger partial charge in [-0.25, -0.2) is 0 Å². The van der Waals surface area contributed by atoms with Gasteiger partial charge in [-0.05, 0) is 37.4 Å². The number of nitrogens with zero attached hydrogens (tertiary/aromatic N) is 2. The highest BCUT2D eigenvalue weighted by atomic mass is 16.2. The second-order valence-corrected chi connectivity index (χ2v) is 8.24. The smallest absolute Gasteiger partial charge is 0.238 e. The second-order valence-electron chi connectivity index (χ2n) is 8.24. The minimum Gasteiger partial charge on any atom is -0.342 e. The SMILES string of the molecule is CCCN1CCC2(CCN(CC(=O)Nc3ccccc3-c3ccccc3)C2)C1=O. The first kappa shape index (κ1) is 19.6. The van der Waals surface area contributed by atoms with E-state index in [1.807, 2.05) is 59.5 Å². The number of nitrogens with one attached hydrogen (secondary N) is 1. The molecule has 2 aromatic rings. The summed E-state index contributed by atoms with van der Waals surface area (Å²) >= 11 is 0. The molecule has 2 aliphatic rings. The molecule has 0 radical (unpaired) electrons. The van der Waals surface area contributed by atoms with Gasteiger partial charge < -0.3 is 10.2 Å². The predicted octanol–water partition coefficient (Wildman–Crippen LogP) is 3.63. The third-order valence-corrected chi connectivity index (χ3v) is 6.18. The molecule has 29 heavy (non-hydrogen) atoms. The molecule has 2 saturated heterocycles. The van der Waals surface area contributed by atoms with E-state index in [4.69, 9.17) is 0 Å². The van der Waals surface area contributed by atoms with Crippen LogP contribution in [0.5, 0.6) is 0 Å². The first-order chi connectivity index (χ1) is 14.1. The van der Waals surface area contributed by atoms with E-state index < -0.39 is 0 Å². The molecule has 0 aromatic heterocycles. The maximum Gasteiger partial charge on any atom is 0.238 e. The summed E-state index contributed by atoms with van der Waals surface area (Å²) in [6.07, 6.45) is 2.77. The molecule has 1 spiro atoms. The van der Waals surface area contributed by atoms with Crippen molar-refractivity contribution in [3.63, 3.8) is 0 Å². The Morgan fingerprint density at radius 1 is 1.03 bits per heavy atom. The maximum absolute atomic E-state index is 12.8. The summed E-state index contributed by atoms with van der Waals surface area (Å²) in [5.74, 6) is 0.262. The number of hydrogen-bond donors (Lipinski definition) is 1. The zero-order chi connectivity index (χ0) is 20.3. The van der Waals surface area contributed by atoms with Crippen LogP contribution in [0.3, 0.4) is 0 Å². The second kappa shape index (κ2) is 8.37. The number of carbonyl (C=O) groups excluding carboxylic acids is 2. The van der Waals surface area contributed by atoms with E-state index in [9.17, 15) is 9.59 Å². The lowest BCUT2D eigenvalue weighted by Crippen LogP contribution is -2.38. The van der Waals surface area contributed by atoms with E-state index >= 15 is 0 Å². The topological polar surface area (TPSA) is 52.6 Å². The Kier molecular flexibility index (Phi) is 5.67.